The van der Waals surface area contributed by atoms with Gasteiger partial charge in [0.15, 0.2) is 0 Å². The van der Waals surface area contributed by atoms with Crippen LogP contribution in [0.3, 0.4) is 0 Å². The van der Waals surface area contributed by atoms with Crippen molar-refractivity contribution < 1.29 is 0 Å². The van der Waals surface area contributed by atoms with Gasteiger partial charge < -0.3 is 0 Å². The smallest absolute Gasteiger partial charge is 0.0329 e. The molecule has 432 valence electrons. The Morgan fingerprint density at radius 2 is 0.694 bits per heavy atom. The molecule has 0 aromatic heterocycles. The Bertz CT molecular complexity index is 1190. The lowest BCUT2D eigenvalue weighted by Crippen LogP contribution is -2.39. The van der Waals surface area contributed by atoms with Crippen molar-refractivity contribution in [1.29, 1.82) is 0 Å². The Balaban J connectivity index is 0.000000405. The molecule has 0 amide bonds. The zero-order chi connectivity index (χ0) is 55.4. The van der Waals surface area contributed by atoms with Gasteiger partial charge in [0.1, 0.15) is 0 Å². The van der Waals surface area contributed by atoms with E-state index in [0.29, 0.717) is 10.8 Å². The molecule has 9 aliphatic rings. The summed E-state index contributed by atoms with van der Waals surface area (Å²) in [5.41, 5.74) is 1.32. The van der Waals surface area contributed by atoms with Gasteiger partial charge in [-0.15, -0.1) is 0 Å². The minimum absolute atomic E-state index is 0.653. The van der Waals surface area contributed by atoms with Crippen molar-refractivity contribution in [1.82, 2.24) is 0 Å². The molecule has 9 fully saturated rings. The average molecular weight is 1010 g/mol. The molecule has 0 aromatic rings. The highest BCUT2D eigenvalue weighted by molar-refractivity contribution is 4.87. The topological polar surface area (TPSA) is 0 Å². The molecular weight excluding hydrogens is 865 g/mol. The quantitative estimate of drug-likeness (QED) is 0.264. The van der Waals surface area contributed by atoms with Gasteiger partial charge in [-0.05, 0) is 205 Å². The molecule has 72 heavy (non-hydrogen) atoms. The average Bonchev–Trinajstić information content (AvgIpc) is 4.10. The minimum atomic E-state index is 0.653. The van der Waals surface area contributed by atoms with E-state index in [0.717, 1.165) is 136 Å². The van der Waals surface area contributed by atoms with E-state index in [1.54, 1.807) is 0 Å². The van der Waals surface area contributed by atoms with E-state index in [9.17, 15) is 0 Å². The lowest BCUT2D eigenvalue weighted by atomic mass is 9.60. The van der Waals surface area contributed by atoms with Gasteiger partial charge >= 0.3 is 0 Å². The molecule has 0 nitrogen and oxygen atoms in total. The van der Waals surface area contributed by atoms with Crippen molar-refractivity contribution in [2.75, 3.05) is 0 Å². The molecule has 9 rings (SSSR count). The van der Waals surface area contributed by atoms with Crippen LogP contribution in [-0.2, 0) is 0 Å². The van der Waals surface area contributed by atoms with E-state index in [2.05, 4.69) is 187 Å². The highest BCUT2D eigenvalue weighted by Crippen LogP contribution is 2.45. The number of hydrogen-bond donors (Lipinski definition) is 0. The van der Waals surface area contributed by atoms with Gasteiger partial charge in [-0.3, -0.25) is 0 Å². The third-order valence-corrected chi connectivity index (χ3v) is 24.1. The third kappa shape index (κ3) is 25.6. The molecule has 0 radical (unpaired) electrons. The second-order valence-corrected chi connectivity index (χ2v) is 31.7. The largest absolute Gasteiger partial charge is 0.0651 e. The maximum absolute atomic E-state index is 2.38. The van der Waals surface area contributed by atoms with E-state index in [1.165, 1.54) is 128 Å². The molecule has 0 aromatic carbocycles. The van der Waals surface area contributed by atoms with Crippen LogP contribution in [0.15, 0.2) is 0 Å². The second kappa shape index (κ2) is 34.1. The molecule has 0 spiro atoms. The predicted molar refractivity (Wildman–Crippen MR) is 331 cm³/mol. The van der Waals surface area contributed by atoms with Crippen molar-refractivity contribution in [2.24, 2.45) is 147 Å². The number of hydrogen-bond acceptors (Lipinski definition) is 0. The lowest BCUT2D eigenvalue weighted by molar-refractivity contribution is 0.0302. The summed E-state index contributed by atoms with van der Waals surface area (Å²) in [5.74, 6) is 22.9. The fourth-order valence-electron chi connectivity index (χ4n) is 14.8. The zero-order valence-corrected chi connectivity index (χ0v) is 55.4. The molecule has 9 aliphatic carbocycles. The normalized spacial score (nSPS) is 42.2. The van der Waals surface area contributed by atoms with Crippen LogP contribution in [-0.4, -0.2) is 0 Å². The van der Waals surface area contributed by atoms with Crippen molar-refractivity contribution >= 4 is 0 Å². The second-order valence-electron chi connectivity index (χ2n) is 31.7. The predicted octanol–water partition coefficient (Wildman–Crippen LogP) is 24.5. The van der Waals surface area contributed by atoms with Gasteiger partial charge in [0, 0.05) is 0 Å². The molecule has 11 unspecified atom stereocenters. The summed E-state index contributed by atoms with van der Waals surface area (Å²) in [5, 5.41) is 0. The van der Waals surface area contributed by atoms with Gasteiger partial charge in [0.25, 0.3) is 0 Å². The van der Waals surface area contributed by atoms with Crippen LogP contribution in [0.1, 0.15) is 315 Å². The first-order chi connectivity index (χ1) is 33.2. The van der Waals surface area contributed by atoms with Gasteiger partial charge in [-0.1, -0.05) is 258 Å². The van der Waals surface area contributed by atoms with Gasteiger partial charge in [0.05, 0.1) is 0 Å². The van der Waals surface area contributed by atoms with Crippen molar-refractivity contribution in [3.05, 3.63) is 0 Å². The first kappa shape index (κ1) is 70.0. The van der Waals surface area contributed by atoms with E-state index >= 15 is 0 Å². The molecule has 0 saturated heterocycles. The van der Waals surface area contributed by atoms with Crippen LogP contribution in [0, 0.1) is 147 Å². The summed E-state index contributed by atoms with van der Waals surface area (Å²) >= 11 is 0. The van der Waals surface area contributed by atoms with E-state index in [1.807, 2.05) is 0 Å². The summed E-state index contributed by atoms with van der Waals surface area (Å²) in [6.45, 7) is 63.8. The van der Waals surface area contributed by atoms with Gasteiger partial charge in [0.2, 0.25) is 0 Å². The Hall–Kier alpha value is 0. The summed E-state index contributed by atoms with van der Waals surface area (Å²) < 4.78 is 0. The summed E-state index contributed by atoms with van der Waals surface area (Å²) in [6.07, 6.45) is 29.2. The first-order valence-corrected chi connectivity index (χ1v) is 33.2. The van der Waals surface area contributed by atoms with E-state index < -0.39 is 0 Å². The zero-order valence-electron chi connectivity index (χ0n) is 55.4. The van der Waals surface area contributed by atoms with E-state index in [4.69, 9.17) is 0 Å². The van der Waals surface area contributed by atoms with Crippen LogP contribution in [0.2, 0.25) is 0 Å². The van der Waals surface area contributed by atoms with Gasteiger partial charge in [-0.2, -0.15) is 0 Å². The third-order valence-electron chi connectivity index (χ3n) is 24.1. The molecule has 0 aliphatic heterocycles. The fraction of sp³-hybridized carbons (Fsp3) is 1.00. The van der Waals surface area contributed by atoms with E-state index in [-0.39, 0.29) is 0 Å². The summed E-state index contributed by atoms with van der Waals surface area (Å²) in [4.78, 5) is 0. The van der Waals surface area contributed by atoms with Crippen LogP contribution >= 0.6 is 0 Å². The van der Waals surface area contributed by atoms with Crippen LogP contribution in [0.5, 0.6) is 0 Å². The van der Waals surface area contributed by atoms with Crippen molar-refractivity contribution in [3.8, 4) is 0 Å². The van der Waals surface area contributed by atoms with Crippen molar-refractivity contribution in [2.45, 2.75) is 315 Å². The van der Waals surface area contributed by atoms with Crippen LogP contribution in [0.4, 0.5) is 0 Å². The van der Waals surface area contributed by atoms with Crippen LogP contribution < -0.4 is 0 Å². The maximum Gasteiger partial charge on any atom is -0.0329 e. The van der Waals surface area contributed by atoms with Crippen molar-refractivity contribution in [3.63, 3.8) is 0 Å². The molecule has 12 atom stereocenters. The Morgan fingerprint density at radius 1 is 0.347 bits per heavy atom. The molecule has 0 bridgehead atoms. The lowest BCUT2D eigenvalue weighted by Gasteiger charge is -2.45. The Morgan fingerprint density at radius 3 is 0.792 bits per heavy atom. The molecule has 9 saturated carbocycles. The Kier molecular flexibility index (Phi) is 33.2. The summed E-state index contributed by atoms with van der Waals surface area (Å²) in [7, 11) is 0. The monoisotopic (exact) mass is 1010 g/mol. The Labute approximate surface area is 460 Å². The molecule has 0 N–H and O–H groups in total. The van der Waals surface area contributed by atoms with Gasteiger partial charge in [-0.25, -0.2) is 0 Å². The maximum atomic E-state index is 2.38. The minimum Gasteiger partial charge on any atom is -0.0651 e. The summed E-state index contributed by atoms with van der Waals surface area (Å²) in [6, 6.07) is 0. The fourth-order valence-corrected chi connectivity index (χ4v) is 14.8. The first-order valence-electron chi connectivity index (χ1n) is 33.2. The van der Waals surface area contributed by atoms with Crippen LogP contribution in [0.25, 0.3) is 0 Å². The molecule has 0 heteroatoms. The highest BCUT2D eigenvalue weighted by atomic mass is 14.4. The number of rotatable bonds is 3. The highest BCUT2D eigenvalue weighted by Gasteiger charge is 2.38. The molecule has 0 heterocycles. The SMILES string of the molecule is CC1C(C)C(C)C1C.CC1CC(C(C)C)C1.CC1CC(C)C(C)C1.CC1CC(C)[C@@H](C)C1.CC1CCC(C)(C)C1.CC1CCC(C)C1C.CC1CCC(C)C1C.CC1CCCC1(C)C.CCC(C)C1CCC1. The standard InChI is InChI=1S/9C8H16/c2*1-6-4-7(2)8(3)5-6;1-6(2)8-4-7(3)5-8;1-7-4-5-8(2,3)6-7;1-7-5-4-6-8(7,2)3;2*1-6-4-5-7(2)8(6)3;1-5-6(2)8(4)7(5)3;1-3-7(2)8-5-4-6-8/h3*6-8H,4-5H2,1-3H3;2*7H,4-6H2,1-3H3;2*6-8H,4-5H2,1-3H3;5-8H,1-4H3;7-8H,3-6H2,1-2H3/t6?,7-,8?;;;;;;;;/m0......../s1. The molecular formula is C72H144.